The second-order valence-electron chi connectivity index (χ2n) is 7.86. The molecular formula is C24H24N4O3S2. The predicted octanol–water partition coefficient (Wildman–Crippen LogP) is 4.02. The molecular weight excluding hydrogens is 456 g/mol. The van der Waals surface area contributed by atoms with Crippen LogP contribution >= 0.6 is 11.8 Å². The van der Waals surface area contributed by atoms with Gasteiger partial charge >= 0.3 is 0 Å². The molecule has 0 atom stereocenters. The SMILES string of the molecule is O=S(=O)(c1ccc(SCc2nc3ccccc3o2)nc1)N1CCN(Cc2ccccc2)CC1. The Labute approximate surface area is 197 Å². The first-order valence-corrected chi connectivity index (χ1v) is 13.2. The van der Waals surface area contributed by atoms with Crippen LogP contribution in [0.2, 0.25) is 0 Å². The van der Waals surface area contributed by atoms with E-state index in [1.54, 1.807) is 16.4 Å². The maximum absolute atomic E-state index is 13.1. The zero-order chi connectivity index (χ0) is 22.7. The number of hydrogen-bond donors (Lipinski definition) is 0. The van der Waals surface area contributed by atoms with Crippen molar-refractivity contribution in [1.29, 1.82) is 0 Å². The molecule has 0 aliphatic carbocycles. The third-order valence-electron chi connectivity index (χ3n) is 5.61. The van der Waals surface area contributed by atoms with Crippen molar-refractivity contribution in [2.45, 2.75) is 22.2 Å². The van der Waals surface area contributed by atoms with Gasteiger partial charge in [-0.15, -0.1) is 0 Å². The molecule has 1 saturated heterocycles. The number of thioether (sulfide) groups is 1. The third kappa shape index (κ3) is 5.11. The lowest BCUT2D eigenvalue weighted by Gasteiger charge is -2.33. The van der Waals surface area contributed by atoms with Gasteiger partial charge in [0.15, 0.2) is 5.58 Å². The number of para-hydroxylation sites is 2. The molecule has 0 radical (unpaired) electrons. The highest BCUT2D eigenvalue weighted by atomic mass is 32.2. The number of sulfonamides is 1. The van der Waals surface area contributed by atoms with E-state index in [-0.39, 0.29) is 4.90 Å². The monoisotopic (exact) mass is 480 g/mol. The zero-order valence-corrected chi connectivity index (χ0v) is 19.6. The fourth-order valence-electron chi connectivity index (χ4n) is 3.84. The van der Waals surface area contributed by atoms with Gasteiger partial charge in [0.2, 0.25) is 15.9 Å². The average molecular weight is 481 g/mol. The van der Waals surface area contributed by atoms with Crippen molar-refractivity contribution in [2.24, 2.45) is 0 Å². The van der Waals surface area contributed by atoms with E-state index in [1.165, 1.54) is 23.5 Å². The van der Waals surface area contributed by atoms with Gasteiger partial charge in [-0.05, 0) is 29.8 Å². The van der Waals surface area contributed by atoms with Crippen LogP contribution in [0.4, 0.5) is 0 Å². The number of rotatable bonds is 7. The Balaban J connectivity index is 1.17. The summed E-state index contributed by atoms with van der Waals surface area (Å²) in [7, 11) is -3.56. The van der Waals surface area contributed by atoms with Gasteiger partial charge in [0.25, 0.3) is 0 Å². The van der Waals surface area contributed by atoms with Crippen LogP contribution in [0.5, 0.6) is 0 Å². The van der Waals surface area contributed by atoms with Crippen molar-refractivity contribution < 1.29 is 12.8 Å². The fraction of sp³-hybridized carbons (Fsp3) is 0.250. The van der Waals surface area contributed by atoms with Gasteiger partial charge < -0.3 is 4.42 Å². The van der Waals surface area contributed by atoms with Gasteiger partial charge in [-0.3, -0.25) is 4.90 Å². The largest absolute Gasteiger partial charge is 0.440 e. The molecule has 2 aromatic carbocycles. The number of pyridine rings is 1. The number of benzene rings is 2. The highest BCUT2D eigenvalue weighted by Gasteiger charge is 2.28. The minimum absolute atomic E-state index is 0.227. The Morgan fingerprint density at radius 1 is 0.909 bits per heavy atom. The summed E-state index contributed by atoms with van der Waals surface area (Å²) >= 11 is 1.46. The Hall–Kier alpha value is -2.72. The highest BCUT2D eigenvalue weighted by Crippen LogP contribution is 2.25. The molecule has 0 N–H and O–H groups in total. The molecule has 170 valence electrons. The molecule has 1 aliphatic rings. The van der Waals surface area contributed by atoms with Crippen LogP contribution in [-0.2, 0) is 22.3 Å². The van der Waals surface area contributed by atoms with Gasteiger partial charge in [-0.2, -0.15) is 4.31 Å². The first-order valence-electron chi connectivity index (χ1n) is 10.8. The van der Waals surface area contributed by atoms with E-state index < -0.39 is 10.0 Å². The van der Waals surface area contributed by atoms with Gasteiger partial charge in [-0.1, -0.05) is 54.2 Å². The quantitative estimate of drug-likeness (QED) is 0.370. The van der Waals surface area contributed by atoms with Crippen molar-refractivity contribution >= 4 is 32.9 Å². The summed E-state index contributed by atoms with van der Waals surface area (Å²) < 4.78 is 33.4. The number of fused-ring (bicyclic) bond motifs is 1. The standard InChI is InChI=1S/C24H24N4O3S2/c29-33(30,28-14-12-27(13-15-28)17-19-6-2-1-3-7-19)20-10-11-24(25-16-20)32-18-23-26-21-8-4-5-9-22(21)31-23/h1-11,16H,12-15,17-18H2. The lowest BCUT2D eigenvalue weighted by molar-refractivity contribution is 0.181. The van der Waals surface area contributed by atoms with E-state index in [2.05, 4.69) is 27.0 Å². The molecule has 9 heteroatoms. The van der Waals surface area contributed by atoms with Crippen LogP contribution < -0.4 is 0 Å². The molecule has 0 spiro atoms. The average Bonchev–Trinajstić information content (AvgIpc) is 3.27. The first kappa shape index (κ1) is 22.1. The Morgan fingerprint density at radius 2 is 1.67 bits per heavy atom. The molecule has 2 aromatic heterocycles. The molecule has 33 heavy (non-hydrogen) atoms. The van der Waals surface area contributed by atoms with Crippen molar-refractivity contribution in [3.8, 4) is 0 Å². The maximum atomic E-state index is 13.1. The van der Waals surface area contributed by atoms with Gasteiger partial charge in [0.1, 0.15) is 10.4 Å². The summed E-state index contributed by atoms with van der Waals surface area (Å²) in [5.41, 5.74) is 2.82. The molecule has 1 fully saturated rings. The minimum atomic E-state index is -3.56. The molecule has 1 aliphatic heterocycles. The lowest BCUT2D eigenvalue weighted by atomic mass is 10.2. The summed E-state index contributed by atoms with van der Waals surface area (Å²) in [6.07, 6.45) is 1.44. The van der Waals surface area contributed by atoms with Crippen molar-refractivity contribution in [3.63, 3.8) is 0 Å². The van der Waals surface area contributed by atoms with Crippen molar-refractivity contribution in [1.82, 2.24) is 19.2 Å². The van der Waals surface area contributed by atoms with Crippen LogP contribution in [0.25, 0.3) is 11.1 Å². The maximum Gasteiger partial charge on any atom is 0.244 e. The van der Waals surface area contributed by atoms with Gasteiger partial charge in [-0.25, -0.2) is 18.4 Å². The molecule has 0 amide bonds. The second kappa shape index (κ2) is 9.64. The Bertz CT molecular complexity index is 1280. The predicted molar refractivity (Wildman–Crippen MR) is 128 cm³/mol. The van der Waals surface area contributed by atoms with E-state index in [4.69, 9.17) is 4.42 Å². The van der Waals surface area contributed by atoms with E-state index in [1.807, 2.05) is 42.5 Å². The molecule has 4 aromatic rings. The van der Waals surface area contributed by atoms with E-state index in [0.29, 0.717) is 37.8 Å². The first-order chi connectivity index (χ1) is 16.1. The number of nitrogens with zero attached hydrogens (tertiary/aromatic N) is 4. The topological polar surface area (TPSA) is 79.5 Å². The molecule has 7 nitrogen and oxygen atoms in total. The molecule has 3 heterocycles. The van der Waals surface area contributed by atoms with Crippen LogP contribution in [0.15, 0.2) is 87.3 Å². The van der Waals surface area contributed by atoms with Crippen molar-refractivity contribution in [2.75, 3.05) is 26.2 Å². The highest BCUT2D eigenvalue weighted by molar-refractivity contribution is 7.98. The Kier molecular flexibility index (Phi) is 6.45. The Morgan fingerprint density at radius 3 is 2.39 bits per heavy atom. The molecule has 0 unspecified atom stereocenters. The van der Waals surface area contributed by atoms with E-state index in [9.17, 15) is 8.42 Å². The summed E-state index contributed by atoms with van der Waals surface area (Å²) in [6.45, 7) is 3.20. The molecule has 0 saturated carbocycles. The number of aromatic nitrogens is 2. The number of piperazine rings is 1. The summed E-state index contributed by atoms with van der Waals surface area (Å²) in [6, 6.07) is 21.2. The number of oxazole rings is 1. The number of hydrogen-bond acceptors (Lipinski definition) is 7. The van der Waals surface area contributed by atoms with E-state index >= 15 is 0 Å². The molecule has 5 rings (SSSR count). The lowest BCUT2D eigenvalue weighted by Crippen LogP contribution is -2.48. The zero-order valence-electron chi connectivity index (χ0n) is 18.0. The van der Waals surface area contributed by atoms with Crippen LogP contribution in [0.3, 0.4) is 0 Å². The third-order valence-corrected chi connectivity index (χ3v) is 8.42. The summed E-state index contributed by atoms with van der Waals surface area (Å²) in [5.74, 6) is 1.14. The van der Waals surface area contributed by atoms with Crippen molar-refractivity contribution in [3.05, 3.63) is 84.4 Å². The van der Waals surface area contributed by atoms with Gasteiger partial charge in [0, 0.05) is 38.9 Å². The fourth-order valence-corrected chi connectivity index (χ4v) is 5.90. The van der Waals surface area contributed by atoms with Crippen LogP contribution in [0.1, 0.15) is 11.5 Å². The minimum Gasteiger partial charge on any atom is -0.440 e. The normalized spacial score (nSPS) is 15.8. The van der Waals surface area contributed by atoms with E-state index in [0.717, 1.165) is 22.7 Å². The molecule has 0 bridgehead atoms. The summed E-state index contributed by atoms with van der Waals surface area (Å²) in [5, 5.41) is 0.726. The smallest absolute Gasteiger partial charge is 0.244 e. The van der Waals surface area contributed by atoms with Crippen LogP contribution in [-0.4, -0.2) is 53.8 Å². The second-order valence-corrected chi connectivity index (χ2v) is 10.8. The van der Waals surface area contributed by atoms with Crippen LogP contribution in [0, 0.1) is 0 Å². The summed E-state index contributed by atoms with van der Waals surface area (Å²) in [4.78, 5) is 11.3. The van der Waals surface area contributed by atoms with Gasteiger partial charge in [0.05, 0.1) is 10.8 Å².